The van der Waals surface area contributed by atoms with E-state index in [0.717, 1.165) is 38.5 Å². The highest BCUT2D eigenvalue weighted by atomic mass is 16.3. The Labute approximate surface area is 219 Å². The van der Waals surface area contributed by atoms with E-state index in [1.165, 1.54) is 96.8 Å². The first-order chi connectivity index (χ1) is 16.7. The van der Waals surface area contributed by atoms with Gasteiger partial charge in [0.2, 0.25) is 0 Å². The van der Waals surface area contributed by atoms with Crippen molar-refractivity contribution < 1.29 is 19.5 Å². The number of carbonyl (C=O) groups excluding carboxylic acids is 3. The van der Waals surface area contributed by atoms with Gasteiger partial charge in [-0.1, -0.05) is 117 Å². The van der Waals surface area contributed by atoms with Gasteiger partial charge in [-0.2, -0.15) is 0 Å². The van der Waals surface area contributed by atoms with Crippen LogP contribution < -0.4 is 0 Å². The second kappa shape index (κ2) is 33.0. The lowest BCUT2D eigenvalue weighted by molar-refractivity contribution is -0.119. The van der Waals surface area contributed by atoms with E-state index in [2.05, 4.69) is 20.8 Å². The molecule has 0 aliphatic heterocycles. The van der Waals surface area contributed by atoms with Crippen molar-refractivity contribution in [1.82, 2.24) is 0 Å². The molecule has 1 unspecified atom stereocenters. The topological polar surface area (TPSA) is 71.4 Å². The third-order valence-electron chi connectivity index (χ3n) is 5.93. The maximum Gasteiger partial charge on any atom is 0.132 e. The molecule has 0 rings (SSSR count). The number of hydrogen-bond acceptors (Lipinski definition) is 4. The number of hydrogen-bond donors (Lipinski definition) is 1. The van der Waals surface area contributed by atoms with E-state index in [4.69, 9.17) is 0 Å². The molecule has 0 bridgehead atoms. The summed E-state index contributed by atoms with van der Waals surface area (Å²) in [6.45, 7) is 11.5. The number of carbonyl (C=O) groups is 3. The largest absolute Gasteiger partial charge is 0.393 e. The summed E-state index contributed by atoms with van der Waals surface area (Å²) in [5.74, 6) is 0.751. The van der Waals surface area contributed by atoms with Gasteiger partial charge >= 0.3 is 0 Å². The van der Waals surface area contributed by atoms with Crippen molar-refractivity contribution in [2.45, 2.75) is 182 Å². The van der Waals surface area contributed by atoms with Crippen molar-refractivity contribution >= 4 is 17.3 Å². The van der Waals surface area contributed by atoms with Crippen molar-refractivity contribution in [2.75, 3.05) is 0 Å². The maximum atomic E-state index is 10.6. The fourth-order valence-corrected chi connectivity index (χ4v) is 3.73. The second-order valence-corrected chi connectivity index (χ2v) is 10.2. The first-order valence-corrected chi connectivity index (χ1v) is 14.9. The monoisotopic (exact) mass is 498 g/mol. The van der Waals surface area contributed by atoms with Crippen LogP contribution in [0, 0.1) is 0 Å². The van der Waals surface area contributed by atoms with Crippen LogP contribution >= 0.6 is 0 Å². The molecule has 35 heavy (non-hydrogen) atoms. The average molecular weight is 499 g/mol. The molecule has 0 fully saturated rings. The Kier molecular flexibility index (Phi) is 36.3. The molecular weight excluding hydrogens is 436 g/mol. The van der Waals surface area contributed by atoms with Gasteiger partial charge < -0.3 is 14.7 Å². The molecule has 0 spiro atoms. The summed E-state index contributed by atoms with van der Waals surface area (Å²) in [6, 6.07) is 0. The molecule has 4 heteroatoms. The highest BCUT2D eigenvalue weighted by Crippen LogP contribution is 2.10. The van der Waals surface area contributed by atoms with Gasteiger partial charge in [0.25, 0.3) is 0 Å². The first kappa shape index (κ1) is 38.5. The van der Waals surface area contributed by atoms with Crippen LogP contribution in [-0.4, -0.2) is 28.6 Å². The van der Waals surface area contributed by atoms with Crippen molar-refractivity contribution in [3.8, 4) is 0 Å². The minimum absolute atomic E-state index is 0.0843. The van der Waals surface area contributed by atoms with Crippen LogP contribution in [0.1, 0.15) is 176 Å². The van der Waals surface area contributed by atoms with Crippen molar-refractivity contribution in [1.29, 1.82) is 0 Å². The number of aliphatic hydroxyl groups is 1. The second-order valence-electron chi connectivity index (χ2n) is 10.2. The van der Waals surface area contributed by atoms with Crippen LogP contribution in [0.2, 0.25) is 0 Å². The SMILES string of the molecule is CCCCCCCC(C)=O.CCCCCCCC(O)CC(C)=O.CCCCCCCCCC(C)=O. The molecule has 0 aliphatic carbocycles. The van der Waals surface area contributed by atoms with E-state index in [9.17, 15) is 19.5 Å². The Bertz CT molecular complexity index is 459. The number of Topliss-reactive ketones (excluding diaryl/α,β-unsaturated/α-hetero) is 3. The lowest BCUT2D eigenvalue weighted by Gasteiger charge is -2.07. The molecule has 0 radical (unpaired) electrons. The zero-order valence-corrected chi connectivity index (χ0v) is 24.6. The number of ketones is 3. The van der Waals surface area contributed by atoms with Gasteiger partial charge in [0, 0.05) is 19.3 Å². The molecule has 0 aliphatic rings. The minimum atomic E-state index is -0.404. The van der Waals surface area contributed by atoms with Crippen LogP contribution in [0.5, 0.6) is 0 Å². The highest BCUT2D eigenvalue weighted by molar-refractivity contribution is 5.76. The molecule has 1 N–H and O–H groups in total. The molecule has 0 aromatic rings. The Morgan fingerprint density at radius 2 is 0.800 bits per heavy atom. The normalized spacial score (nSPS) is 11.1. The molecule has 210 valence electrons. The summed E-state index contributed by atoms with van der Waals surface area (Å²) >= 11 is 0. The fraction of sp³-hybridized carbons (Fsp3) is 0.903. The predicted molar refractivity (Wildman–Crippen MR) is 152 cm³/mol. The first-order valence-electron chi connectivity index (χ1n) is 14.9. The third kappa shape index (κ3) is 46.9. The standard InChI is InChI=1S/C11H22O2.C11H22O.C9H18O/c1-3-4-5-6-7-8-11(13)9-10(2)12;1-3-4-5-6-7-8-9-10-11(2)12;1-3-4-5-6-7-8-9(2)10/h11,13H,3-9H2,1-2H3;3-10H2,1-2H3;3-8H2,1-2H3. The van der Waals surface area contributed by atoms with E-state index in [0.29, 0.717) is 18.0 Å². The Balaban J connectivity index is -0.000000443. The number of aliphatic hydroxyl groups excluding tert-OH is 1. The Hall–Kier alpha value is -1.03. The van der Waals surface area contributed by atoms with E-state index in [1.807, 2.05) is 0 Å². The van der Waals surface area contributed by atoms with Crippen LogP contribution in [0.25, 0.3) is 0 Å². The molecule has 1 atom stereocenters. The quantitative estimate of drug-likeness (QED) is 0.151. The summed E-state index contributed by atoms with van der Waals surface area (Å²) < 4.78 is 0. The molecule has 0 saturated heterocycles. The molecule has 0 saturated carbocycles. The van der Waals surface area contributed by atoms with Gasteiger partial charge in [-0.15, -0.1) is 0 Å². The predicted octanol–water partition coefficient (Wildman–Crippen LogP) is 9.34. The van der Waals surface area contributed by atoms with Crippen LogP contribution in [0.15, 0.2) is 0 Å². The van der Waals surface area contributed by atoms with Crippen molar-refractivity contribution in [3.05, 3.63) is 0 Å². The molecule has 4 nitrogen and oxygen atoms in total. The summed E-state index contributed by atoms with van der Waals surface area (Å²) in [4.78, 5) is 31.7. The summed E-state index contributed by atoms with van der Waals surface area (Å²) in [6.07, 6.45) is 23.6. The Morgan fingerprint density at radius 3 is 1.11 bits per heavy atom. The van der Waals surface area contributed by atoms with Crippen LogP contribution in [-0.2, 0) is 14.4 Å². The van der Waals surface area contributed by atoms with Gasteiger partial charge in [0.05, 0.1) is 6.10 Å². The van der Waals surface area contributed by atoms with E-state index < -0.39 is 6.10 Å². The highest BCUT2D eigenvalue weighted by Gasteiger charge is 2.06. The average Bonchev–Trinajstić information content (AvgIpc) is 2.78. The zero-order chi connectivity index (χ0) is 27.2. The van der Waals surface area contributed by atoms with Crippen LogP contribution in [0.3, 0.4) is 0 Å². The molecule has 0 aromatic carbocycles. The molecule has 0 amide bonds. The Morgan fingerprint density at radius 1 is 0.486 bits per heavy atom. The summed E-state index contributed by atoms with van der Waals surface area (Å²) in [7, 11) is 0. The molecule has 0 aromatic heterocycles. The van der Waals surface area contributed by atoms with Gasteiger partial charge in [0.1, 0.15) is 17.3 Å². The van der Waals surface area contributed by atoms with Gasteiger partial charge in [-0.05, 0) is 40.0 Å². The van der Waals surface area contributed by atoms with E-state index in [1.54, 1.807) is 13.8 Å². The lowest BCUT2D eigenvalue weighted by Crippen LogP contribution is -2.10. The van der Waals surface area contributed by atoms with Gasteiger partial charge in [-0.25, -0.2) is 0 Å². The van der Waals surface area contributed by atoms with Crippen molar-refractivity contribution in [2.24, 2.45) is 0 Å². The van der Waals surface area contributed by atoms with Gasteiger partial charge in [-0.3, -0.25) is 4.79 Å². The van der Waals surface area contributed by atoms with Crippen molar-refractivity contribution in [3.63, 3.8) is 0 Å². The zero-order valence-electron chi connectivity index (χ0n) is 24.6. The summed E-state index contributed by atoms with van der Waals surface area (Å²) in [5, 5.41) is 9.36. The summed E-state index contributed by atoms with van der Waals surface area (Å²) in [5.41, 5.74) is 0. The third-order valence-corrected chi connectivity index (χ3v) is 5.93. The number of unbranched alkanes of at least 4 members (excludes halogenated alkanes) is 14. The molecule has 0 heterocycles. The minimum Gasteiger partial charge on any atom is -0.393 e. The lowest BCUT2D eigenvalue weighted by atomic mass is 10.1. The maximum absolute atomic E-state index is 10.6. The van der Waals surface area contributed by atoms with Gasteiger partial charge in [0.15, 0.2) is 0 Å². The fourth-order valence-electron chi connectivity index (χ4n) is 3.73. The molecular formula is C31H62O4. The smallest absolute Gasteiger partial charge is 0.132 e. The van der Waals surface area contributed by atoms with E-state index in [-0.39, 0.29) is 5.78 Å². The number of rotatable bonds is 22. The van der Waals surface area contributed by atoms with Crippen LogP contribution in [0.4, 0.5) is 0 Å². The van der Waals surface area contributed by atoms with E-state index >= 15 is 0 Å².